The molecular weight excluding hydrogens is 394 g/mol. The maximum atomic E-state index is 12.6. The molecule has 4 rings (SSSR count). The van der Waals surface area contributed by atoms with Gasteiger partial charge in [-0.2, -0.15) is 0 Å². The molecule has 2 aliphatic rings. The number of para-hydroxylation sites is 1. The molecule has 2 amide bonds. The van der Waals surface area contributed by atoms with E-state index in [1.807, 2.05) is 47.4 Å². The first-order valence-corrected chi connectivity index (χ1v) is 10.8. The molecule has 31 heavy (non-hydrogen) atoms. The van der Waals surface area contributed by atoms with Gasteiger partial charge in [-0.1, -0.05) is 24.3 Å². The van der Waals surface area contributed by atoms with Crippen LogP contribution in [-0.2, 0) is 16.1 Å². The maximum Gasteiger partial charge on any atom is 0.231 e. The number of hydrogen-bond donors (Lipinski definition) is 0. The van der Waals surface area contributed by atoms with Crippen LogP contribution in [-0.4, -0.2) is 61.6 Å². The van der Waals surface area contributed by atoms with Gasteiger partial charge in [0.25, 0.3) is 0 Å². The van der Waals surface area contributed by atoms with Crippen LogP contribution in [0.15, 0.2) is 48.5 Å². The molecule has 0 spiro atoms. The van der Waals surface area contributed by atoms with Gasteiger partial charge in [-0.05, 0) is 36.2 Å². The van der Waals surface area contributed by atoms with Gasteiger partial charge in [0, 0.05) is 58.3 Å². The molecular formula is C24H29N3O4. The number of fused-ring (bicyclic) bond motifs is 1. The highest BCUT2D eigenvalue weighted by molar-refractivity contribution is 5.93. The predicted molar refractivity (Wildman–Crippen MR) is 118 cm³/mol. The van der Waals surface area contributed by atoms with Crippen molar-refractivity contribution < 1.29 is 19.1 Å². The van der Waals surface area contributed by atoms with E-state index in [2.05, 4.69) is 11.0 Å². The first-order valence-electron chi connectivity index (χ1n) is 10.8. The molecule has 2 aliphatic heterocycles. The van der Waals surface area contributed by atoms with Crippen molar-refractivity contribution in [1.82, 2.24) is 9.80 Å². The number of piperazine rings is 1. The monoisotopic (exact) mass is 423 g/mol. The largest absolute Gasteiger partial charge is 0.454 e. The minimum atomic E-state index is 0.0348. The second-order valence-corrected chi connectivity index (χ2v) is 7.99. The van der Waals surface area contributed by atoms with E-state index in [4.69, 9.17) is 9.47 Å². The molecule has 0 saturated carbocycles. The number of hydrogen-bond acceptors (Lipinski definition) is 5. The second-order valence-electron chi connectivity index (χ2n) is 7.99. The molecule has 1 fully saturated rings. The molecule has 1 saturated heterocycles. The van der Waals surface area contributed by atoms with Gasteiger partial charge in [0.05, 0.1) is 0 Å². The van der Waals surface area contributed by atoms with E-state index in [1.54, 1.807) is 11.9 Å². The summed E-state index contributed by atoms with van der Waals surface area (Å²) in [5.74, 6) is 1.77. The Kier molecular flexibility index (Phi) is 6.72. The quantitative estimate of drug-likeness (QED) is 0.685. The lowest BCUT2D eigenvalue weighted by atomic mass is 10.1. The Balaban J connectivity index is 1.17. The summed E-state index contributed by atoms with van der Waals surface area (Å²) in [6.45, 7) is 4.25. The minimum Gasteiger partial charge on any atom is -0.454 e. The highest BCUT2D eigenvalue weighted by atomic mass is 16.7. The van der Waals surface area contributed by atoms with E-state index < -0.39 is 0 Å². The van der Waals surface area contributed by atoms with Gasteiger partial charge in [0.2, 0.25) is 18.6 Å². The average molecular weight is 424 g/mol. The summed E-state index contributed by atoms with van der Waals surface area (Å²) in [6, 6.07) is 15.6. The van der Waals surface area contributed by atoms with Crippen molar-refractivity contribution in [2.75, 3.05) is 44.9 Å². The van der Waals surface area contributed by atoms with Crippen molar-refractivity contribution in [3.8, 4) is 11.5 Å². The fourth-order valence-electron chi connectivity index (χ4n) is 3.97. The van der Waals surface area contributed by atoms with Gasteiger partial charge in [-0.25, -0.2) is 0 Å². The molecule has 0 bridgehead atoms. The smallest absolute Gasteiger partial charge is 0.231 e. The normalized spacial score (nSPS) is 15.7. The molecule has 0 aliphatic carbocycles. The molecule has 0 atom stereocenters. The zero-order valence-electron chi connectivity index (χ0n) is 18.0. The van der Waals surface area contributed by atoms with E-state index in [0.717, 1.165) is 49.9 Å². The molecule has 7 heteroatoms. The Bertz CT molecular complexity index is 910. The van der Waals surface area contributed by atoms with Crippen LogP contribution in [0.4, 0.5) is 5.69 Å². The zero-order valence-corrected chi connectivity index (χ0v) is 18.0. The van der Waals surface area contributed by atoms with Crippen molar-refractivity contribution in [2.24, 2.45) is 0 Å². The lowest BCUT2D eigenvalue weighted by Gasteiger charge is -2.35. The fourth-order valence-corrected chi connectivity index (χ4v) is 3.97. The van der Waals surface area contributed by atoms with E-state index in [9.17, 15) is 9.59 Å². The Hall–Kier alpha value is -3.06. The van der Waals surface area contributed by atoms with Crippen molar-refractivity contribution in [1.29, 1.82) is 0 Å². The lowest BCUT2D eigenvalue weighted by molar-refractivity contribution is -0.133. The Labute approximate surface area is 183 Å². The Morgan fingerprint density at radius 2 is 1.68 bits per heavy atom. The molecule has 2 heterocycles. The number of rotatable bonds is 7. The maximum absolute atomic E-state index is 12.6. The topological polar surface area (TPSA) is 62.3 Å². The molecule has 2 aromatic rings. The number of nitrogens with zero attached hydrogens (tertiary/aromatic N) is 3. The third kappa shape index (κ3) is 5.35. The number of amides is 2. The SMILES string of the molecule is CN(C(=O)CCCC(=O)N1CCN(Cc2ccc3c(c2)OCO3)CC1)c1ccccc1. The van der Waals surface area contributed by atoms with Gasteiger partial charge in [0.15, 0.2) is 11.5 Å². The van der Waals surface area contributed by atoms with Crippen LogP contribution in [0.25, 0.3) is 0 Å². The summed E-state index contributed by atoms with van der Waals surface area (Å²) < 4.78 is 10.8. The van der Waals surface area contributed by atoms with Gasteiger partial charge >= 0.3 is 0 Å². The standard InChI is InChI=1S/C24H29N3O4/c1-25(20-6-3-2-4-7-20)23(28)8-5-9-24(29)27-14-12-26(13-15-27)17-19-10-11-21-22(16-19)31-18-30-21/h2-4,6-7,10-11,16H,5,8-9,12-15,17-18H2,1H3. The third-order valence-electron chi connectivity index (χ3n) is 5.87. The first-order chi connectivity index (χ1) is 15.1. The predicted octanol–water partition coefficient (Wildman–Crippen LogP) is 2.89. The van der Waals surface area contributed by atoms with E-state index in [-0.39, 0.29) is 18.6 Å². The molecule has 0 unspecified atom stereocenters. The minimum absolute atomic E-state index is 0.0348. The van der Waals surface area contributed by atoms with Crippen LogP contribution >= 0.6 is 0 Å². The fraction of sp³-hybridized carbons (Fsp3) is 0.417. The van der Waals surface area contributed by atoms with Gasteiger partial charge in [-0.15, -0.1) is 0 Å². The van der Waals surface area contributed by atoms with Gasteiger partial charge < -0.3 is 19.3 Å². The van der Waals surface area contributed by atoms with Crippen LogP contribution in [0.2, 0.25) is 0 Å². The van der Waals surface area contributed by atoms with Crippen LogP contribution in [0.3, 0.4) is 0 Å². The van der Waals surface area contributed by atoms with Gasteiger partial charge in [-0.3, -0.25) is 14.5 Å². The first kappa shape index (κ1) is 21.2. The van der Waals surface area contributed by atoms with E-state index >= 15 is 0 Å². The number of benzene rings is 2. The molecule has 0 aromatic heterocycles. The van der Waals surface area contributed by atoms with E-state index in [1.165, 1.54) is 5.56 Å². The molecule has 0 N–H and O–H groups in total. The highest BCUT2D eigenvalue weighted by Gasteiger charge is 2.22. The summed E-state index contributed by atoms with van der Waals surface area (Å²) in [5, 5.41) is 0. The lowest BCUT2D eigenvalue weighted by Crippen LogP contribution is -2.48. The molecule has 2 aromatic carbocycles. The van der Waals surface area contributed by atoms with Crippen molar-refractivity contribution in [3.05, 3.63) is 54.1 Å². The summed E-state index contributed by atoms with van der Waals surface area (Å²) in [7, 11) is 1.78. The zero-order chi connectivity index (χ0) is 21.6. The summed E-state index contributed by atoms with van der Waals surface area (Å²) in [5.41, 5.74) is 2.06. The molecule has 164 valence electrons. The summed E-state index contributed by atoms with van der Waals surface area (Å²) in [6.07, 6.45) is 1.37. The molecule has 7 nitrogen and oxygen atoms in total. The van der Waals surface area contributed by atoms with Crippen LogP contribution < -0.4 is 14.4 Å². The van der Waals surface area contributed by atoms with Crippen molar-refractivity contribution in [3.63, 3.8) is 0 Å². The Morgan fingerprint density at radius 1 is 0.935 bits per heavy atom. The van der Waals surface area contributed by atoms with Crippen LogP contribution in [0.1, 0.15) is 24.8 Å². The van der Waals surface area contributed by atoms with Crippen molar-refractivity contribution >= 4 is 17.5 Å². The van der Waals surface area contributed by atoms with Crippen LogP contribution in [0.5, 0.6) is 11.5 Å². The van der Waals surface area contributed by atoms with E-state index in [0.29, 0.717) is 19.3 Å². The highest BCUT2D eigenvalue weighted by Crippen LogP contribution is 2.32. The second kappa shape index (κ2) is 9.83. The average Bonchev–Trinajstić information content (AvgIpc) is 3.27. The number of ether oxygens (including phenoxy) is 2. The van der Waals surface area contributed by atoms with Gasteiger partial charge in [0.1, 0.15) is 0 Å². The molecule has 0 radical (unpaired) electrons. The number of anilines is 1. The third-order valence-corrected chi connectivity index (χ3v) is 5.87. The number of carbonyl (C=O) groups is 2. The summed E-state index contributed by atoms with van der Waals surface area (Å²) in [4.78, 5) is 30.8. The van der Waals surface area contributed by atoms with Crippen molar-refractivity contribution in [2.45, 2.75) is 25.8 Å². The summed E-state index contributed by atoms with van der Waals surface area (Å²) >= 11 is 0. The van der Waals surface area contributed by atoms with Crippen LogP contribution in [0, 0.1) is 0 Å². The number of carbonyl (C=O) groups excluding carboxylic acids is 2. The Morgan fingerprint density at radius 3 is 2.45 bits per heavy atom.